The third-order valence-corrected chi connectivity index (χ3v) is 6.34. The molecule has 0 aliphatic carbocycles. The predicted octanol–water partition coefficient (Wildman–Crippen LogP) is 5.88. The van der Waals surface area contributed by atoms with Crippen molar-refractivity contribution in [1.29, 1.82) is 0 Å². The summed E-state index contributed by atoms with van der Waals surface area (Å²) in [6, 6.07) is 10.1. The van der Waals surface area contributed by atoms with Crippen molar-refractivity contribution in [2.45, 2.75) is 44.7 Å². The largest absolute Gasteiger partial charge is 0.433 e. The number of amides is 1. The summed E-state index contributed by atoms with van der Waals surface area (Å²) in [5.41, 5.74) is 6.27. The van der Waals surface area contributed by atoms with Gasteiger partial charge in [-0.1, -0.05) is 17.7 Å². The molecule has 0 bridgehead atoms. The molecule has 8 nitrogen and oxygen atoms in total. The zero-order valence-electron chi connectivity index (χ0n) is 22.0. The average molecular weight is 561 g/mol. The molecule has 2 aromatic heterocycles. The standard InChI is InChI=1S/C19H16F3N5O2S.C8H15N/c1-12-9-16(19(20,21)22)27(26-12)14-5-8-17(24-10-14)25-18(29)13-3-6-15(7-4-13)30(11-28)23-2;1-8(2)6-4-3-5-7-9/h3-10,23H,1-2H3,(H,24,25,29);5-7H,3-4,9H2,1-2H3/b;7-5-. The predicted molar refractivity (Wildman–Crippen MR) is 148 cm³/mol. The van der Waals surface area contributed by atoms with Gasteiger partial charge in [0.1, 0.15) is 11.5 Å². The lowest BCUT2D eigenvalue weighted by Crippen LogP contribution is -2.15. The van der Waals surface area contributed by atoms with Crippen molar-refractivity contribution in [3.63, 3.8) is 0 Å². The van der Waals surface area contributed by atoms with Gasteiger partial charge in [-0.2, -0.15) is 18.3 Å². The summed E-state index contributed by atoms with van der Waals surface area (Å²) in [5.74, 6) is -0.284. The van der Waals surface area contributed by atoms with Crippen molar-refractivity contribution >= 4 is 27.6 Å². The van der Waals surface area contributed by atoms with E-state index in [-0.39, 0.29) is 17.2 Å². The lowest BCUT2D eigenvalue weighted by Gasteiger charge is -2.11. The van der Waals surface area contributed by atoms with Gasteiger partial charge in [0.15, 0.2) is 5.23 Å². The second kappa shape index (κ2) is 14.8. The number of benzene rings is 1. The van der Waals surface area contributed by atoms with E-state index >= 15 is 0 Å². The minimum absolute atomic E-state index is 0.113. The molecule has 3 aromatic rings. The summed E-state index contributed by atoms with van der Waals surface area (Å²) in [6.45, 7) is 5.67. The van der Waals surface area contributed by atoms with Gasteiger partial charge < -0.3 is 11.1 Å². The zero-order chi connectivity index (χ0) is 29.0. The molecule has 2 heterocycles. The van der Waals surface area contributed by atoms with Gasteiger partial charge in [0.2, 0.25) is 0 Å². The van der Waals surface area contributed by atoms with Crippen LogP contribution in [0.4, 0.5) is 19.0 Å². The topological polar surface area (TPSA) is 115 Å². The van der Waals surface area contributed by atoms with Crippen LogP contribution in [0.5, 0.6) is 0 Å². The SMILES string of the molecule is CC(C)=CCC/C=C\N.CNS(=C=O)c1ccc(C(=O)Nc2ccc(-n3nc(C)cc3C(F)(F)F)cn2)cc1. The third kappa shape index (κ3) is 9.68. The Kier molecular flexibility index (Phi) is 11.9. The van der Waals surface area contributed by atoms with Crippen LogP contribution in [-0.4, -0.2) is 33.0 Å². The Morgan fingerprint density at radius 3 is 2.36 bits per heavy atom. The maximum absolute atomic E-state index is 13.1. The number of unbranched alkanes of at least 4 members (excludes halogenated alkanes) is 1. The van der Waals surface area contributed by atoms with Gasteiger partial charge in [-0.05, 0) is 100.0 Å². The summed E-state index contributed by atoms with van der Waals surface area (Å²) in [6.07, 6.45) is 4.57. The molecule has 0 spiro atoms. The molecule has 0 aliphatic rings. The maximum atomic E-state index is 13.1. The monoisotopic (exact) mass is 560 g/mol. The Bertz CT molecular complexity index is 1350. The lowest BCUT2D eigenvalue weighted by atomic mass is 10.2. The summed E-state index contributed by atoms with van der Waals surface area (Å²) in [4.78, 5) is 27.9. The minimum atomic E-state index is -4.56. The molecule has 39 heavy (non-hydrogen) atoms. The van der Waals surface area contributed by atoms with Crippen LogP contribution in [0.15, 0.2) is 77.5 Å². The lowest BCUT2D eigenvalue weighted by molar-refractivity contribution is -0.142. The first-order valence-electron chi connectivity index (χ1n) is 11.8. The first kappa shape index (κ1) is 31.2. The van der Waals surface area contributed by atoms with Crippen LogP contribution in [0.2, 0.25) is 0 Å². The summed E-state index contributed by atoms with van der Waals surface area (Å²) in [7, 11) is 0.754. The van der Waals surface area contributed by atoms with Crippen molar-refractivity contribution in [1.82, 2.24) is 19.5 Å². The zero-order valence-corrected chi connectivity index (χ0v) is 22.9. The number of hydrogen-bond donors (Lipinski definition) is 3. The van der Waals surface area contributed by atoms with E-state index in [4.69, 9.17) is 5.73 Å². The molecular weight excluding hydrogens is 529 g/mol. The molecule has 0 radical (unpaired) electrons. The maximum Gasteiger partial charge on any atom is 0.433 e. The molecule has 0 saturated heterocycles. The first-order valence-corrected chi connectivity index (χ1v) is 13.0. The van der Waals surface area contributed by atoms with Crippen molar-refractivity contribution < 1.29 is 22.8 Å². The van der Waals surface area contributed by atoms with Gasteiger partial charge in [-0.15, -0.1) is 0 Å². The van der Waals surface area contributed by atoms with E-state index in [1.807, 2.05) is 11.3 Å². The number of carbonyl (C=O) groups excluding carboxylic acids is 2. The van der Waals surface area contributed by atoms with E-state index in [0.29, 0.717) is 10.5 Å². The molecule has 3 rings (SSSR count). The number of nitrogens with zero attached hydrogens (tertiary/aromatic N) is 3. The third-order valence-electron chi connectivity index (χ3n) is 5.02. The Hall–Kier alpha value is -3.99. The van der Waals surface area contributed by atoms with Gasteiger partial charge in [0.25, 0.3) is 5.91 Å². The highest BCUT2D eigenvalue weighted by Gasteiger charge is 2.36. The highest BCUT2D eigenvalue weighted by atomic mass is 32.2. The second-order valence-electron chi connectivity index (χ2n) is 8.34. The van der Waals surface area contributed by atoms with E-state index in [9.17, 15) is 22.8 Å². The summed E-state index contributed by atoms with van der Waals surface area (Å²) >= 11 is 0. The minimum Gasteiger partial charge on any atom is -0.405 e. The Morgan fingerprint density at radius 1 is 1.15 bits per heavy atom. The fourth-order valence-corrected chi connectivity index (χ4v) is 4.01. The molecule has 0 saturated carbocycles. The number of aryl methyl sites for hydroxylation is 1. The number of nitrogens with two attached hydrogens (primary N) is 1. The van der Waals surface area contributed by atoms with E-state index in [1.165, 1.54) is 30.8 Å². The van der Waals surface area contributed by atoms with Gasteiger partial charge in [-0.3, -0.25) is 9.52 Å². The molecule has 12 heteroatoms. The van der Waals surface area contributed by atoms with Crippen LogP contribution in [0, 0.1) is 6.92 Å². The summed E-state index contributed by atoms with van der Waals surface area (Å²) in [5, 5.41) is 8.30. The van der Waals surface area contributed by atoms with Crippen molar-refractivity contribution in [2.75, 3.05) is 12.4 Å². The fraction of sp³-hybridized carbons (Fsp3) is 0.259. The number of pyridine rings is 1. The molecule has 1 amide bonds. The van der Waals surface area contributed by atoms with Crippen LogP contribution in [0.1, 0.15) is 48.4 Å². The molecule has 4 N–H and O–H groups in total. The first-order chi connectivity index (χ1) is 18.5. The number of nitrogens with one attached hydrogen (secondary N) is 2. The normalized spacial score (nSPS) is 11.8. The van der Waals surface area contributed by atoms with E-state index < -0.39 is 28.4 Å². The Morgan fingerprint density at radius 2 is 1.85 bits per heavy atom. The number of carbonyl (C=O) groups is 1. The molecule has 1 aromatic carbocycles. The van der Waals surface area contributed by atoms with Gasteiger partial charge in [0.05, 0.1) is 17.6 Å². The number of alkyl halides is 3. The van der Waals surface area contributed by atoms with Crippen LogP contribution in [-0.2, 0) is 11.0 Å². The molecule has 1 unspecified atom stereocenters. The van der Waals surface area contributed by atoms with Crippen molar-refractivity contribution in [3.8, 4) is 5.69 Å². The second-order valence-corrected chi connectivity index (χ2v) is 10.00. The number of allylic oxidation sites excluding steroid dienone is 3. The molecular formula is C27H31F3N6O2S. The van der Waals surface area contributed by atoms with E-state index in [2.05, 4.69) is 40.0 Å². The Labute approximate surface area is 227 Å². The number of halogens is 3. The summed E-state index contributed by atoms with van der Waals surface area (Å²) < 4.78 is 43.0. The number of hydrogen-bond acceptors (Lipinski definition) is 6. The number of rotatable bonds is 8. The molecule has 208 valence electrons. The highest BCUT2D eigenvalue weighted by Crippen LogP contribution is 2.31. The fourth-order valence-electron chi connectivity index (χ4n) is 3.19. The van der Waals surface area contributed by atoms with Gasteiger partial charge in [-0.25, -0.2) is 14.5 Å². The van der Waals surface area contributed by atoms with E-state index in [0.717, 1.165) is 23.6 Å². The smallest absolute Gasteiger partial charge is 0.405 e. The van der Waals surface area contributed by atoms with Crippen LogP contribution >= 0.6 is 10.7 Å². The van der Waals surface area contributed by atoms with Gasteiger partial charge >= 0.3 is 6.18 Å². The van der Waals surface area contributed by atoms with E-state index in [1.54, 1.807) is 37.5 Å². The number of aromatic nitrogens is 3. The van der Waals surface area contributed by atoms with Crippen LogP contribution < -0.4 is 15.8 Å². The average Bonchev–Trinajstić information content (AvgIpc) is 3.31. The molecule has 0 aliphatic heterocycles. The van der Waals surface area contributed by atoms with Crippen molar-refractivity contribution in [3.05, 3.63) is 89.5 Å². The molecule has 0 fully saturated rings. The Balaban J connectivity index is 0.000000510. The highest BCUT2D eigenvalue weighted by molar-refractivity contribution is 8.12. The van der Waals surface area contributed by atoms with Crippen LogP contribution in [0.3, 0.4) is 0 Å². The van der Waals surface area contributed by atoms with Gasteiger partial charge in [0, 0.05) is 10.5 Å². The van der Waals surface area contributed by atoms with Crippen molar-refractivity contribution in [2.24, 2.45) is 5.73 Å². The number of anilines is 1. The van der Waals surface area contributed by atoms with Crippen LogP contribution in [0.25, 0.3) is 5.69 Å². The quantitative estimate of drug-likeness (QED) is 0.180. The molecule has 1 atom stereocenters.